The van der Waals surface area contributed by atoms with Gasteiger partial charge >= 0.3 is 0 Å². The van der Waals surface area contributed by atoms with Gasteiger partial charge in [0.05, 0.1) is 12.0 Å². The molecular formula is C10H22N2O4S2. The van der Waals surface area contributed by atoms with Crippen LogP contribution in [-0.4, -0.2) is 52.8 Å². The summed E-state index contributed by atoms with van der Waals surface area (Å²) >= 11 is 0. The molecule has 1 rings (SSSR count). The Bertz CT molecular complexity index is 450. The highest BCUT2D eigenvalue weighted by Crippen LogP contribution is 2.18. The molecule has 0 unspecified atom stereocenters. The van der Waals surface area contributed by atoms with E-state index in [1.807, 2.05) is 6.92 Å². The highest BCUT2D eigenvalue weighted by Gasteiger charge is 2.25. The smallest absolute Gasteiger partial charge is 0.211 e. The van der Waals surface area contributed by atoms with Gasteiger partial charge < -0.3 is 0 Å². The topological polar surface area (TPSA) is 83.6 Å². The number of rotatable bonds is 6. The lowest BCUT2D eigenvalue weighted by molar-refractivity contribution is 0.275. The van der Waals surface area contributed by atoms with Crippen LogP contribution in [0.25, 0.3) is 0 Å². The first-order valence-corrected chi connectivity index (χ1v) is 9.67. The molecule has 1 aliphatic rings. The van der Waals surface area contributed by atoms with Crippen molar-refractivity contribution < 1.29 is 16.8 Å². The van der Waals surface area contributed by atoms with Crippen LogP contribution in [0.4, 0.5) is 0 Å². The summed E-state index contributed by atoms with van der Waals surface area (Å²) in [6.45, 7) is 3.21. The van der Waals surface area contributed by atoms with Crippen LogP contribution in [0.2, 0.25) is 0 Å². The van der Waals surface area contributed by atoms with Gasteiger partial charge in [0, 0.05) is 19.6 Å². The first kappa shape index (κ1) is 15.9. The van der Waals surface area contributed by atoms with Crippen molar-refractivity contribution in [1.82, 2.24) is 9.03 Å². The molecule has 0 aromatic carbocycles. The maximum Gasteiger partial charge on any atom is 0.211 e. The van der Waals surface area contributed by atoms with Gasteiger partial charge in [0.2, 0.25) is 20.0 Å². The van der Waals surface area contributed by atoms with Crippen molar-refractivity contribution >= 4 is 20.0 Å². The third-order valence-corrected chi connectivity index (χ3v) is 5.96. The predicted octanol–water partition coefficient (Wildman–Crippen LogP) is -0.0126. The van der Waals surface area contributed by atoms with E-state index in [9.17, 15) is 16.8 Å². The molecule has 0 aromatic rings. The Balaban J connectivity index is 2.37. The normalized spacial score (nSPS) is 20.1. The van der Waals surface area contributed by atoms with E-state index in [0.717, 1.165) is 0 Å². The maximum atomic E-state index is 11.5. The zero-order valence-electron chi connectivity index (χ0n) is 10.9. The van der Waals surface area contributed by atoms with E-state index in [4.69, 9.17) is 0 Å². The Kier molecular flexibility index (Phi) is 5.57. The molecule has 6 nitrogen and oxygen atoms in total. The van der Waals surface area contributed by atoms with Crippen LogP contribution in [0.5, 0.6) is 0 Å². The Labute approximate surface area is 110 Å². The first-order chi connectivity index (χ1) is 8.24. The molecule has 1 saturated heterocycles. The summed E-state index contributed by atoms with van der Waals surface area (Å²) in [5.74, 6) is 0.379. The Morgan fingerprint density at radius 3 is 2.17 bits per heavy atom. The van der Waals surface area contributed by atoms with Crippen molar-refractivity contribution in [2.75, 3.05) is 31.6 Å². The van der Waals surface area contributed by atoms with Gasteiger partial charge in [-0.1, -0.05) is 6.92 Å². The fourth-order valence-corrected chi connectivity index (χ4v) is 4.08. The summed E-state index contributed by atoms with van der Waals surface area (Å²) in [5.41, 5.74) is 0. The minimum atomic E-state index is -3.15. The summed E-state index contributed by atoms with van der Waals surface area (Å²) in [5, 5.41) is 0. The van der Waals surface area contributed by atoms with E-state index in [2.05, 4.69) is 4.72 Å². The fourth-order valence-electron chi connectivity index (χ4n) is 2.03. The number of nitrogens with zero attached hydrogens (tertiary/aromatic N) is 1. The molecule has 0 amide bonds. The molecule has 0 spiro atoms. The van der Waals surface area contributed by atoms with Crippen molar-refractivity contribution in [3.8, 4) is 0 Å². The van der Waals surface area contributed by atoms with Crippen molar-refractivity contribution in [1.29, 1.82) is 0 Å². The molecule has 0 saturated carbocycles. The minimum absolute atomic E-state index is 0.148. The molecule has 0 radical (unpaired) electrons. The van der Waals surface area contributed by atoms with Crippen LogP contribution in [0.1, 0.15) is 26.2 Å². The van der Waals surface area contributed by atoms with Crippen molar-refractivity contribution in [2.45, 2.75) is 26.2 Å². The van der Waals surface area contributed by atoms with Crippen molar-refractivity contribution in [3.05, 3.63) is 0 Å². The molecule has 0 aromatic heterocycles. The monoisotopic (exact) mass is 298 g/mol. The lowest BCUT2D eigenvalue weighted by Crippen LogP contribution is -2.41. The fraction of sp³-hybridized carbons (Fsp3) is 1.00. The van der Waals surface area contributed by atoms with Crippen LogP contribution in [-0.2, 0) is 20.0 Å². The van der Waals surface area contributed by atoms with Crippen LogP contribution >= 0.6 is 0 Å². The number of sulfonamides is 2. The molecule has 108 valence electrons. The highest BCUT2D eigenvalue weighted by atomic mass is 32.2. The summed E-state index contributed by atoms with van der Waals surface area (Å²) in [6, 6.07) is 0. The number of hydrogen-bond acceptors (Lipinski definition) is 4. The van der Waals surface area contributed by atoms with Crippen LogP contribution in [0.3, 0.4) is 0 Å². The summed E-state index contributed by atoms with van der Waals surface area (Å²) < 4.78 is 49.6. The molecule has 0 bridgehead atoms. The summed E-state index contributed by atoms with van der Waals surface area (Å²) in [7, 11) is -6.26. The number of piperidine rings is 1. The van der Waals surface area contributed by atoms with Gasteiger partial charge in [-0.2, -0.15) is 0 Å². The van der Waals surface area contributed by atoms with Crippen LogP contribution < -0.4 is 4.72 Å². The second kappa shape index (κ2) is 6.31. The average molecular weight is 298 g/mol. The molecule has 1 aliphatic heterocycles. The van der Waals surface area contributed by atoms with Gasteiger partial charge in [0.1, 0.15) is 0 Å². The molecule has 18 heavy (non-hydrogen) atoms. The second-order valence-electron chi connectivity index (χ2n) is 4.77. The van der Waals surface area contributed by atoms with E-state index in [1.54, 1.807) is 0 Å². The minimum Gasteiger partial charge on any atom is -0.215 e. The SMILES string of the molecule is CCCS(=O)(=O)NCC1CCN(S(C)(=O)=O)CC1. The van der Waals surface area contributed by atoms with E-state index in [-0.39, 0.29) is 11.7 Å². The molecule has 1 N–H and O–H groups in total. The van der Waals surface area contributed by atoms with Crippen LogP contribution in [0.15, 0.2) is 0 Å². The maximum absolute atomic E-state index is 11.5. The molecule has 1 heterocycles. The third-order valence-electron chi connectivity index (χ3n) is 3.11. The lowest BCUT2D eigenvalue weighted by atomic mass is 9.99. The van der Waals surface area contributed by atoms with E-state index in [0.29, 0.717) is 38.9 Å². The van der Waals surface area contributed by atoms with E-state index < -0.39 is 20.0 Å². The van der Waals surface area contributed by atoms with Gasteiger partial charge in [0.15, 0.2) is 0 Å². The summed E-state index contributed by atoms with van der Waals surface area (Å²) in [4.78, 5) is 0. The van der Waals surface area contributed by atoms with Gasteiger partial charge in [-0.3, -0.25) is 0 Å². The first-order valence-electron chi connectivity index (χ1n) is 6.17. The highest BCUT2D eigenvalue weighted by molar-refractivity contribution is 7.89. The van der Waals surface area contributed by atoms with Crippen molar-refractivity contribution in [3.63, 3.8) is 0 Å². The third kappa shape index (κ3) is 5.21. The molecular weight excluding hydrogens is 276 g/mol. The van der Waals surface area contributed by atoms with Crippen LogP contribution in [0, 0.1) is 5.92 Å². The predicted molar refractivity (Wildman–Crippen MR) is 71.2 cm³/mol. The molecule has 0 aliphatic carbocycles. The van der Waals surface area contributed by atoms with Gasteiger partial charge in [-0.25, -0.2) is 25.9 Å². The zero-order chi connectivity index (χ0) is 13.8. The summed E-state index contributed by atoms with van der Waals surface area (Å²) in [6.07, 6.45) is 3.22. The Hall–Kier alpha value is -0.180. The Morgan fingerprint density at radius 2 is 1.72 bits per heavy atom. The zero-order valence-corrected chi connectivity index (χ0v) is 12.6. The second-order valence-corrected chi connectivity index (χ2v) is 8.68. The largest absolute Gasteiger partial charge is 0.215 e. The van der Waals surface area contributed by atoms with E-state index in [1.165, 1.54) is 10.6 Å². The van der Waals surface area contributed by atoms with Gasteiger partial charge in [-0.15, -0.1) is 0 Å². The average Bonchev–Trinajstić information content (AvgIpc) is 2.26. The molecule has 8 heteroatoms. The standard InChI is InChI=1S/C10H22N2O4S2/c1-3-8-18(15,16)11-9-10-4-6-12(7-5-10)17(2,13)14/h10-11H,3-9H2,1-2H3. The van der Waals surface area contributed by atoms with Gasteiger partial charge in [0.25, 0.3) is 0 Å². The number of nitrogens with one attached hydrogen (secondary N) is 1. The molecule has 1 fully saturated rings. The quantitative estimate of drug-likeness (QED) is 0.747. The van der Waals surface area contributed by atoms with Gasteiger partial charge in [-0.05, 0) is 25.2 Å². The lowest BCUT2D eigenvalue weighted by Gasteiger charge is -2.30. The van der Waals surface area contributed by atoms with E-state index >= 15 is 0 Å². The van der Waals surface area contributed by atoms with Crippen molar-refractivity contribution in [2.24, 2.45) is 5.92 Å². The Morgan fingerprint density at radius 1 is 1.17 bits per heavy atom. The number of hydrogen-bond donors (Lipinski definition) is 1. The molecule has 0 atom stereocenters.